The minimum Gasteiger partial charge on any atom is -0.301 e. The lowest BCUT2D eigenvalue weighted by Gasteiger charge is -2.06. The zero-order chi connectivity index (χ0) is 19.6. The third kappa shape index (κ3) is 3.92. The van der Waals surface area contributed by atoms with Gasteiger partial charge >= 0.3 is 0 Å². The molecule has 0 aliphatic heterocycles. The summed E-state index contributed by atoms with van der Waals surface area (Å²) in [6.07, 6.45) is 6.08. The first kappa shape index (κ1) is 18.7. The van der Waals surface area contributed by atoms with Gasteiger partial charge in [0, 0.05) is 15.8 Å². The Hall–Kier alpha value is -2.29. The maximum atomic E-state index is 12.5. The SMILES string of the molecule is O=C(CSc1ncnc2scc(-c3ccccc3)c12)Nc1nc2c(s1)CCCC2. The van der Waals surface area contributed by atoms with E-state index in [1.807, 2.05) is 18.2 Å². The summed E-state index contributed by atoms with van der Waals surface area (Å²) >= 11 is 4.66. The molecule has 29 heavy (non-hydrogen) atoms. The lowest BCUT2D eigenvalue weighted by Crippen LogP contribution is -2.14. The number of anilines is 1. The van der Waals surface area contributed by atoms with Crippen molar-refractivity contribution in [2.75, 3.05) is 11.1 Å². The highest BCUT2D eigenvalue weighted by Gasteiger charge is 2.18. The molecule has 0 fully saturated rings. The van der Waals surface area contributed by atoms with Crippen LogP contribution in [0.5, 0.6) is 0 Å². The van der Waals surface area contributed by atoms with E-state index in [1.54, 1.807) is 29.0 Å². The van der Waals surface area contributed by atoms with E-state index in [2.05, 4.69) is 37.8 Å². The first-order valence-corrected chi connectivity index (χ1v) is 12.1. The van der Waals surface area contributed by atoms with Gasteiger partial charge in [-0.1, -0.05) is 42.1 Å². The summed E-state index contributed by atoms with van der Waals surface area (Å²) in [4.78, 5) is 28.2. The van der Waals surface area contributed by atoms with E-state index in [-0.39, 0.29) is 5.91 Å². The first-order valence-electron chi connectivity index (χ1n) is 9.47. The molecule has 146 valence electrons. The molecule has 5 nitrogen and oxygen atoms in total. The van der Waals surface area contributed by atoms with E-state index in [1.165, 1.54) is 29.5 Å². The largest absolute Gasteiger partial charge is 0.301 e. The van der Waals surface area contributed by atoms with Gasteiger partial charge in [0.2, 0.25) is 5.91 Å². The minimum atomic E-state index is -0.0515. The van der Waals surface area contributed by atoms with Gasteiger partial charge in [0.15, 0.2) is 5.13 Å². The van der Waals surface area contributed by atoms with Crippen LogP contribution < -0.4 is 5.32 Å². The van der Waals surface area contributed by atoms with Gasteiger partial charge in [-0.05, 0) is 31.2 Å². The Morgan fingerprint density at radius 3 is 2.86 bits per heavy atom. The fourth-order valence-corrected chi connectivity index (χ4v) is 6.34. The zero-order valence-electron chi connectivity index (χ0n) is 15.6. The van der Waals surface area contributed by atoms with Gasteiger partial charge in [-0.3, -0.25) is 4.79 Å². The van der Waals surface area contributed by atoms with Gasteiger partial charge in [0.05, 0.1) is 16.8 Å². The number of hydrogen-bond donors (Lipinski definition) is 1. The van der Waals surface area contributed by atoms with Crippen molar-refractivity contribution in [3.63, 3.8) is 0 Å². The molecule has 3 aromatic heterocycles. The Bertz CT molecular complexity index is 1150. The second-order valence-electron chi connectivity index (χ2n) is 6.81. The van der Waals surface area contributed by atoms with E-state index in [0.717, 1.165) is 50.0 Å². The predicted octanol–water partition coefficient (Wildman–Crippen LogP) is 5.42. The van der Waals surface area contributed by atoms with Crippen LogP contribution in [0.2, 0.25) is 0 Å². The van der Waals surface area contributed by atoms with Crippen molar-refractivity contribution in [2.24, 2.45) is 0 Å². The second-order valence-corrected chi connectivity index (χ2v) is 9.71. The molecule has 5 rings (SSSR count). The third-order valence-corrected chi connectivity index (χ3v) is 7.80. The van der Waals surface area contributed by atoms with Crippen molar-refractivity contribution in [1.29, 1.82) is 0 Å². The summed E-state index contributed by atoms with van der Waals surface area (Å²) in [5.74, 6) is 0.241. The van der Waals surface area contributed by atoms with Crippen molar-refractivity contribution in [2.45, 2.75) is 30.7 Å². The van der Waals surface area contributed by atoms with E-state index >= 15 is 0 Å². The monoisotopic (exact) mass is 438 g/mol. The zero-order valence-corrected chi connectivity index (χ0v) is 18.0. The Balaban J connectivity index is 1.33. The second kappa shape index (κ2) is 8.22. The van der Waals surface area contributed by atoms with Gasteiger partial charge in [0.1, 0.15) is 16.2 Å². The van der Waals surface area contributed by atoms with Crippen molar-refractivity contribution >= 4 is 55.7 Å². The molecule has 1 amide bonds. The summed E-state index contributed by atoms with van der Waals surface area (Å²) in [6.45, 7) is 0. The van der Waals surface area contributed by atoms with Crippen LogP contribution in [-0.2, 0) is 17.6 Å². The predicted molar refractivity (Wildman–Crippen MR) is 121 cm³/mol. The molecule has 8 heteroatoms. The molecule has 0 spiro atoms. The summed E-state index contributed by atoms with van der Waals surface area (Å²) in [5.41, 5.74) is 3.41. The van der Waals surface area contributed by atoms with Crippen LogP contribution in [0.4, 0.5) is 5.13 Å². The Kier molecular flexibility index (Phi) is 5.30. The quantitative estimate of drug-likeness (QED) is 0.333. The summed E-state index contributed by atoms with van der Waals surface area (Å²) in [5, 5.41) is 7.65. The number of hydrogen-bond acceptors (Lipinski definition) is 7. The number of rotatable bonds is 5. The number of thiazole rings is 1. The van der Waals surface area contributed by atoms with E-state index in [9.17, 15) is 4.79 Å². The van der Waals surface area contributed by atoms with Crippen LogP contribution in [0.15, 0.2) is 47.1 Å². The van der Waals surface area contributed by atoms with Gasteiger partial charge in [-0.2, -0.15) is 0 Å². The number of benzene rings is 1. The number of nitrogens with zero attached hydrogens (tertiary/aromatic N) is 3. The van der Waals surface area contributed by atoms with E-state index < -0.39 is 0 Å². The molecule has 0 atom stereocenters. The molecule has 0 unspecified atom stereocenters. The molecule has 3 heterocycles. The molecule has 1 aliphatic carbocycles. The number of fused-ring (bicyclic) bond motifs is 2. The number of carbonyl (C=O) groups excluding carboxylic acids is 1. The number of nitrogens with one attached hydrogen (secondary N) is 1. The number of thioether (sulfide) groups is 1. The van der Waals surface area contributed by atoms with Crippen LogP contribution in [0, 0.1) is 0 Å². The molecule has 0 bridgehead atoms. The smallest absolute Gasteiger partial charge is 0.236 e. The fraction of sp³-hybridized carbons (Fsp3) is 0.238. The highest BCUT2D eigenvalue weighted by molar-refractivity contribution is 8.00. The summed E-state index contributed by atoms with van der Waals surface area (Å²) in [7, 11) is 0. The van der Waals surface area contributed by atoms with E-state index in [4.69, 9.17) is 0 Å². The minimum absolute atomic E-state index is 0.0515. The van der Waals surface area contributed by atoms with Crippen LogP contribution in [0.1, 0.15) is 23.4 Å². The highest BCUT2D eigenvalue weighted by atomic mass is 32.2. The van der Waals surface area contributed by atoms with Crippen molar-refractivity contribution in [3.05, 3.63) is 52.6 Å². The fourth-order valence-electron chi connectivity index (χ4n) is 3.48. The average Bonchev–Trinajstić information content (AvgIpc) is 3.36. The molecular weight excluding hydrogens is 420 g/mol. The van der Waals surface area contributed by atoms with Crippen molar-refractivity contribution in [1.82, 2.24) is 15.0 Å². The number of carbonyl (C=O) groups is 1. The van der Waals surface area contributed by atoms with Crippen LogP contribution in [-0.4, -0.2) is 26.6 Å². The number of thiophene rings is 1. The van der Waals surface area contributed by atoms with Gasteiger partial charge in [-0.25, -0.2) is 15.0 Å². The number of amides is 1. The number of aryl methyl sites for hydroxylation is 2. The van der Waals surface area contributed by atoms with Crippen molar-refractivity contribution in [3.8, 4) is 11.1 Å². The lowest BCUT2D eigenvalue weighted by atomic mass is 10.0. The number of aromatic nitrogens is 3. The van der Waals surface area contributed by atoms with Crippen LogP contribution in [0.3, 0.4) is 0 Å². The Morgan fingerprint density at radius 2 is 2.00 bits per heavy atom. The highest BCUT2D eigenvalue weighted by Crippen LogP contribution is 2.37. The molecule has 0 saturated heterocycles. The molecular formula is C21H18N4OS3. The van der Waals surface area contributed by atoms with Crippen LogP contribution in [0.25, 0.3) is 21.3 Å². The first-order chi connectivity index (χ1) is 14.3. The maximum Gasteiger partial charge on any atom is 0.236 e. The van der Waals surface area contributed by atoms with Gasteiger partial charge in [0.25, 0.3) is 0 Å². The molecule has 1 N–H and O–H groups in total. The standard InChI is InChI=1S/C21H18N4OS3/c26-17(25-21-24-15-8-4-5-9-16(15)29-21)11-28-20-18-14(13-6-2-1-3-7-13)10-27-19(18)22-12-23-20/h1-3,6-7,10,12H,4-5,8-9,11H2,(H,24,25,26). The molecule has 0 radical (unpaired) electrons. The topological polar surface area (TPSA) is 67.8 Å². The third-order valence-electron chi connectivity index (χ3n) is 4.85. The Labute approximate surface area is 180 Å². The van der Waals surface area contributed by atoms with Crippen LogP contribution >= 0.6 is 34.4 Å². The van der Waals surface area contributed by atoms with Gasteiger partial charge < -0.3 is 5.32 Å². The summed E-state index contributed by atoms with van der Waals surface area (Å²) < 4.78 is 0. The molecule has 1 aromatic carbocycles. The summed E-state index contributed by atoms with van der Waals surface area (Å²) in [6, 6.07) is 10.2. The normalized spacial score (nSPS) is 13.4. The Morgan fingerprint density at radius 1 is 1.14 bits per heavy atom. The lowest BCUT2D eigenvalue weighted by molar-refractivity contribution is -0.113. The van der Waals surface area contributed by atoms with E-state index in [0.29, 0.717) is 5.75 Å². The molecule has 0 saturated carbocycles. The van der Waals surface area contributed by atoms with Gasteiger partial charge in [-0.15, -0.1) is 22.7 Å². The average molecular weight is 439 g/mol. The maximum absolute atomic E-state index is 12.5. The molecule has 4 aromatic rings. The van der Waals surface area contributed by atoms with Crippen molar-refractivity contribution < 1.29 is 4.79 Å². The molecule has 1 aliphatic rings.